The largest absolute Gasteiger partial charge is 0.309 e. The molecule has 0 radical (unpaired) electrons. The van der Waals surface area contributed by atoms with Crippen molar-refractivity contribution in [3.63, 3.8) is 0 Å². The second kappa shape index (κ2) is 9.60. The van der Waals surface area contributed by atoms with Crippen LogP contribution in [0.25, 0.3) is 10.2 Å². The topological polar surface area (TPSA) is 36.4 Å². The lowest BCUT2D eigenvalue weighted by molar-refractivity contribution is 0.0978. The van der Waals surface area contributed by atoms with E-state index in [-0.39, 0.29) is 12.4 Å². The standard InChI is InChI=1S/C19H18ClF2N3OS.ClH/c1-24(2)9-4-10-25(18(26)17-13(21)5-3-6-14(17)22)19-23-15-8-7-12(20)11-16(15)27-19;/h3,5-8,11H,4,9-10H2,1-2H3;1H. The van der Waals surface area contributed by atoms with E-state index in [9.17, 15) is 13.6 Å². The third kappa shape index (κ3) is 4.97. The molecule has 0 spiro atoms. The van der Waals surface area contributed by atoms with E-state index in [4.69, 9.17) is 11.6 Å². The predicted octanol–water partition coefficient (Wildman–Crippen LogP) is 5.25. The van der Waals surface area contributed by atoms with Gasteiger partial charge in [-0.3, -0.25) is 9.69 Å². The van der Waals surface area contributed by atoms with Crippen molar-refractivity contribution in [2.75, 3.05) is 32.1 Å². The van der Waals surface area contributed by atoms with Crippen LogP contribution in [0.5, 0.6) is 0 Å². The first-order valence-electron chi connectivity index (χ1n) is 8.33. The van der Waals surface area contributed by atoms with E-state index in [0.717, 1.165) is 23.4 Å². The van der Waals surface area contributed by atoms with Crippen LogP contribution in [0.15, 0.2) is 36.4 Å². The second-order valence-corrected chi connectivity index (χ2v) is 7.76. The highest BCUT2D eigenvalue weighted by Gasteiger charge is 2.26. The number of thiazole rings is 1. The van der Waals surface area contributed by atoms with E-state index in [1.807, 2.05) is 19.0 Å². The first-order valence-corrected chi connectivity index (χ1v) is 9.53. The van der Waals surface area contributed by atoms with Crippen LogP contribution in [0, 0.1) is 11.6 Å². The molecule has 0 aliphatic carbocycles. The fourth-order valence-corrected chi connectivity index (χ4v) is 3.93. The number of carbonyl (C=O) groups excluding carboxylic acids is 1. The van der Waals surface area contributed by atoms with Crippen molar-refractivity contribution in [1.29, 1.82) is 0 Å². The Bertz CT molecular complexity index is 961. The molecule has 1 heterocycles. The van der Waals surface area contributed by atoms with E-state index >= 15 is 0 Å². The summed E-state index contributed by atoms with van der Waals surface area (Å²) < 4.78 is 29.1. The van der Waals surface area contributed by atoms with Crippen LogP contribution in [0.2, 0.25) is 5.02 Å². The van der Waals surface area contributed by atoms with Gasteiger partial charge in [-0.25, -0.2) is 13.8 Å². The van der Waals surface area contributed by atoms with Gasteiger partial charge in [0.05, 0.1) is 10.2 Å². The van der Waals surface area contributed by atoms with Gasteiger partial charge in [0.2, 0.25) is 0 Å². The van der Waals surface area contributed by atoms with Crippen molar-refractivity contribution in [1.82, 2.24) is 9.88 Å². The first-order chi connectivity index (χ1) is 12.9. The van der Waals surface area contributed by atoms with Crippen molar-refractivity contribution in [2.45, 2.75) is 6.42 Å². The van der Waals surface area contributed by atoms with Gasteiger partial charge in [0.15, 0.2) is 5.13 Å². The number of fused-ring (bicyclic) bond motifs is 1. The molecular formula is C19H19Cl2F2N3OS. The highest BCUT2D eigenvalue weighted by atomic mass is 35.5. The highest BCUT2D eigenvalue weighted by molar-refractivity contribution is 7.22. The number of hydrogen-bond donors (Lipinski definition) is 0. The maximum Gasteiger partial charge on any atom is 0.266 e. The molecule has 0 fully saturated rings. The number of anilines is 1. The number of carbonyl (C=O) groups is 1. The van der Waals surface area contributed by atoms with Crippen molar-refractivity contribution in [3.05, 3.63) is 58.6 Å². The zero-order chi connectivity index (χ0) is 19.6. The Morgan fingerprint density at radius 2 is 1.82 bits per heavy atom. The summed E-state index contributed by atoms with van der Waals surface area (Å²) in [7, 11) is 3.84. The Balaban J connectivity index is 0.00000280. The number of hydrogen-bond acceptors (Lipinski definition) is 4. The van der Waals surface area contributed by atoms with E-state index in [1.54, 1.807) is 18.2 Å². The summed E-state index contributed by atoms with van der Waals surface area (Å²) in [6.45, 7) is 1.01. The number of amides is 1. The summed E-state index contributed by atoms with van der Waals surface area (Å²) in [4.78, 5) is 20.8. The third-order valence-electron chi connectivity index (χ3n) is 3.98. The number of aromatic nitrogens is 1. The summed E-state index contributed by atoms with van der Waals surface area (Å²) in [5, 5.41) is 0.946. The Morgan fingerprint density at radius 3 is 2.46 bits per heavy atom. The van der Waals surface area contributed by atoms with Crippen LogP contribution in [-0.4, -0.2) is 43.0 Å². The molecule has 3 rings (SSSR count). The number of halogens is 4. The molecule has 2 aromatic carbocycles. The van der Waals surface area contributed by atoms with E-state index < -0.39 is 23.1 Å². The second-order valence-electron chi connectivity index (χ2n) is 6.32. The van der Waals surface area contributed by atoms with Gasteiger partial charge < -0.3 is 4.90 Å². The molecule has 0 unspecified atom stereocenters. The molecule has 28 heavy (non-hydrogen) atoms. The average Bonchev–Trinajstić information content (AvgIpc) is 3.00. The van der Waals surface area contributed by atoms with Gasteiger partial charge >= 0.3 is 0 Å². The summed E-state index contributed by atoms with van der Waals surface area (Å²) >= 11 is 7.28. The molecule has 0 saturated heterocycles. The van der Waals surface area contributed by atoms with E-state index in [1.165, 1.54) is 22.3 Å². The number of benzene rings is 2. The molecule has 0 atom stereocenters. The Labute approximate surface area is 177 Å². The van der Waals surface area contributed by atoms with Gasteiger partial charge in [0, 0.05) is 11.6 Å². The third-order valence-corrected chi connectivity index (χ3v) is 5.26. The fraction of sp³-hybridized carbons (Fsp3) is 0.263. The summed E-state index contributed by atoms with van der Waals surface area (Å²) in [5.41, 5.74) is 0.110. The summed E-state index contributed by atoms with van der Waals surface area (Å²) in [5.74, 6) is -2.52. The lowest BCUT2D eigenvalue weighted by Gasteiger charge is -2.21. The van der Waals surface area contributed by atoms with Crippen LogP contribution < -0.4 is 4.90 Å². The molecule has 3 aromatic rings. The molecule has 4 nitrogen and oxygen atoms in total. The molecule has 1 aromatic heterocycles. The maximum absolute atomic E-state index is 14.2. The minimum Gasteiger partial charge on any atom is -0.309 e. The summed E-state index contributed by atoms with van der Waals surface area (Å²) in [6.07, 6.45) is 0.630. The van der Waals surface area contributed by atoms with Crippen LogP contribution in [-0.2, 0) is 0 Å². The average molecular weight is 446 g/mol. The van der Waals surface area contributed by atoms with Crippen LogP contribution >= 0.6 is 35.3 Å². The summed E-state index contributed by atoms with van der Waals surface area (Å²) in [6, 6.07) is 8.60. The van der Waals surface area contributed by atoms with Crippen LogP contribution in [0.4, 0.5) is 13.9 Å². The van der Waals surface area contributed by atoms with Crippen molar-refractivity contribution >= 4 is 56.6 Å². The molecule has 1 amide bonds. The van der Waals surface area contributed by atoms with Gasteiger partial charge in [0.25, 0.3) is 5.91 Å². The van der Waals surface area contributed by atoms with Gasteiger partial charge in [-0.05, 0) is 57.4 Å². The zero-order valence-corrected chi connectivity index (χ0v) is 17.7. The van der Waals surface area contributed by atoms with E-state index in [0.29, 0.717) is 28.6 Å². The van der Waals surface area contributed by atoms with Crippen molar-refractivity contribution < 1.29 is 13.6 Å². The van der Waals surface area contributed by atoms with Gasteiger partial charge in [-0.2, -0.15) is 0 Å². The zero-order valence-electron chi connectivity index (χ0n) is 15.3. The molecule has 150 valence electrons. The molecule has 0 bridgehead atoms. The van der Waals surface area contributed by atoms with Gasteiger partial charge in [-0.1, -0.05) is 29.0 Å². The number of rotatable bonds is 6. The molecule has 0 aliphatic rings. The lowest BCUT2D eigenvalue weighted by atomic mass is 10.1. The van der Waals surface area contributed by atoms with Gasteiger partial charge in [0.1, 0.15) is 17.2 Å². The molecule has 9 heteroatoms. The first kappa shape index (κ1) is 22.5. The van der Waals surface area contributed by atoms with Crippen LogP contribution in [0.3, 0.4) is 0 Å². The normalized spacial score (nSPS) is 10.9. The maximum atomic E-state index is 14.2. The SMILES string of the molecule is CN(C)CCCN(C(=O)c1c(F)cccc1F)c1nc2ccc(Cl)cc2s1.Cl. The monoisotopic (exact) mass is 445 g/mol. The fourth-order valence-electron chi connectivity index (χ4n) is 2.67. The minimum atomic E-state index is -0.887. The minimum absolute atomic E-state index is 0. The smallest absolute Gasteiger partial charge is 0.266 e. The molecular weight excluding hydrogens is 427 g/mol. The Kier molecular flexibility index (Phi) is 7.71. The van der Waals surface area contributed by atoms with Crippen molar-refractivity contribution in [3.8, 4) is 0 Å². The molecule has 0 N–H and O–H groups in total. The predicted molar refractivity (Wildman–Crippen MR) is 113 cm³/mol. The number of nitrogens with zero attached hydrogens (tertiary/aromatic N) is 3. The molecule has 0 aliphatic heterocycles. The Morgan fingerprint density at radius 1 is 1.14 bits per heavy atom. The van der Waals surface area contributed by atoms with Crippen molar-refractivity contribution in [2.24, 2.45) is 0 Å². The van der Waals surface area contributed by atoms with Crippen LogP contribution in [0.1, 0.15) is 16.8 Å². The Hall–Kier alpha value is -1.80. The van der Waals surface area contributed by atoms with Gasteiger partial charge in [-0.15, -0.1) is 12.4 Å². The lowest BCUT2D eigenvalue weighted by Crippen LogP contribution is -2.34. The highest BCUT2D eigenvalue weighted by Crippen LogP contribution is 2.32. The van der Waals surface area contributed by atoms with E-state index in [2.05, 4.69) is 4.98 Å². The quantitative estimate of drug-likeness (QED) is 0.519. The molecule has 0 saturated carbocycles.